The van der Waals surface area contributed by atoms with Crippen molar-refractivity contribution in [2.24, 2.45) is 15.0 Å². The average Bonchev–Trinajstić information content (AvgIpc) is 2.79. The number of nitrogens with zero attached hydrogens (tertiary/aromatic N) is 4. The Bertz CT molecular complexity index is 1020. The van der Waals surface area contributed by atoms with E-state index in [0.717, 1.165) is 6.07 Å². The summed E-state index contributed by atoms with van der Waals surface area (Å²) in [5, 5.41) is 23.2. The molecule has 0 spiro atoms. The van der Waals surface area contributed by atoms with Crippen molar-refractivity contribution in [2.45, 2.75) is 12.1 Å². The monoisotopic (exact) mass is 445 g/mol. The van der Waals surface area contributed by atoms with Gasteiger partial charge in [-0.05, 0) is 12.1 Å². The highest BCUT2D eigenvalue weighted by Crippen LogP contribution is 2.36. The van der Waals surface area contributed by atoms with Gasteiger partial charge in [0.1, 0.15) is 29.4 Å². The summed E-state index contributed by atoms with van der Waals surface area (Å²) in [5.41, 5.74) is 1.16. The molecule has 1 aromatic carbocycles. The van der Waals surface area contributed by atoms with Gasteiger partial charge in [-0.1, -0.05) is 6.07 Å². The number of carbonyl (C=O) groups is 1. The number of hydrogen-bond acceptors (Lipinski definition) is 9. The fraction of sp³-hybridized carbons (Fsp3) is 0.429. The summed E-state index contributed by atoms with van der Waals surface area (Å²) in [5.74, 6) is -1.63. The molecule has 1 aromatic rings. The van der Waals surface area contributed by atoms with E-state index in [9.17, 15) is 19.4 Å². The van der Waals surface area contributed by atoms with Crippen molar-refractivity contribution in [1.82, 2.24) is 10.2 Å². The zero-order chi connectivity index (χ0) is 22.7. The predicted octanol–water partition coefficient (Wildman–Crippen LogP) is 0.743. The number of rotatable bonds is 6. The van der Waals surface area contributed by atoms with E-state index < -0.39 is 23.9 Å². The van der Waals surface area contributed by atoms with Crippen molar-refractivity contribution in [3.05, 3.63) is 41.4 Å². The molecule has 0 amide bonds. The molecule has 32 heavy (non-hydrogen) atoms. The van der Waals surface area contributed by atoms with Crippen molar-refractivity contribution in [3.8, 4) is 5.75 Å². The number of carboxylic acids is 1. The minimum atomic E-state index is -1.19. The standard InChI is InChI=1S/C21H24FN5O5/c1-31-7-4-23-14-11-15(20(29)30)24-19-17(13-3-2-12(22)10-16(13)28)25-21(26-18(14)19)27-5-8-32-9-6-27/h2-3,10-11,17,19,23,28H,4-9H2,1H3,(H,29,30). The largest absolute Gasteiger partial charge is 0.507 e. The van der Waals surface area contributed by atoms with Crippen LogP contribution < -0.4 is 5.32 Å². The van der Waals surface area contributed by atoms with E-state index >= 15 is 0 Å². The Labute approximate surface area is 183 Å². The summed E-state index contributed by atoms with van der Waals surface area (Å²) in [7, 11) is 1.57. The van der Waals surface area contributed by atoms with Crippen LogP contribution in [0.5, 0.6) is 5.75 Å². The van der Waals surface area contributed by atoms with Gasteiger partial charge in [0.2, 0.25) is 5.96 Å². The Hall–Kier alpha value is -3.31. The van der Waals surface area contributed by atoms with Gasteiger partial charge in [-0.25, -0.2) is 19.2 Å². The van der Waals surface area contributed by atoms with E-state index in [0.29, 0.717) is 62.4 Å². The number of benzene rings is 1. The highest BCUT2D eigenvalue weighted by molar-refractivity contribution is 6.42. The quantitative estimate of drug-likeness (QED) is 0.551. The Morgan fingerprint density at radius 2 is 2.09 bits per heavy atom. The van der Waals surface area contributed by atoms with Gasteiger partial charge in [0.05, 0.1) is 31.2 Å². The summed E-state index contributed by atoms with van der Waals surface area (Å²) < 4.78 is 24.1. The van der Waals surface area contributed by atoms with Gasteiger partial charge in [-0.15, -0.1) is 0 Å². The number of morpholine rings is 1. The molecule has 3 aliphatic rings. The number of fused-ring (bicyclic) bond motifs is 1. The number of hydrogen-bond donors (Lipinski definition) is 3. The van der Waals surface area contributed by atoms with Crippen LogP contribution in [0, 0.1) is 5.82 Å². The van der Waals surface area contributed by atoms with E-state index in [2.05, 4.69) is 10.3 Å². The molecule has 4 rings (SSSR count). The molecule has 2 atom stereocenters. The van der Waals surface area contributed by atoms with Gasteiger partial charge in [0, 0.05) is 38.4 Å². The van der Waals surface area contributed by atoms with Gasteiger partial charge < -0.3 is 29.9 Å². The number of phenols is 1. The Kier molecular flexibility index (Phi) is 6.47. The zero-order valence-electron chi connectivity index (χ0n) is 17.5. The van der Waals surface area contributed by atoms with E-state index in [4.69, 9.17) is 19.5 Å². The van der Waals surface area contributed by atoms with Crippen molar-refractivity contribution < 1.29 is 28.9 Å². The number of aliphatic imine (C=N–C) groups is 3. The number of methoxy groups -OCH3 is 1. The van der Waals surface area contributed by atoms with Crippen LogP contribution in [-0.4, -0.2) is 91.1 Å². The van der Waals surface area contributed by atoms with Crippen LogP contribution in [0.2, 0.25) is 0 Å². The SMILES string of the molecule is COCCNC1=CC(C(=O)O)=NC2C1=NC(N1CCOCC1)=NC2c1ccc(F)cc1O. The van der Waals surface area contributed by atoms with Crippen LogP contribution in [0.4, 0.5) is 4.39 Å². The van der Waals surface area contributed by atoms with Gasteiger partial charge in [0.15, 0.2) is 0 Å². The smallest absolute Gasteiger partial charge is 0.354 e. The number of ether oxygens (including phenoxy) is 2. The van der Waals surface area contributed by atoms with Gasteiger partial charge >= 0.3 is 5.97 Å². The van der Waals surface area contributed by atoms with E-state index in [1.54, 1.807) is 7.11 Å². The maximum atomic E-state index is 13.6. The first-order valence-electron chi connectivity index (χ1n) is 10.2. The van der Waals surface area contributed by atoms with Gasteiger partial charge in [-0.3, -0.25) is 4.99 Å². The van der Waals surface area contributed by atoms with Crippen molar-refractivity contribution in [2.75, 3.05) is 46.6 Å². The minimum Gasteiger partial charge on any atom is -0.507 e. The molecule has 2 unspecified atom stereocenters. The lowest BCUT2D eigenvalue weighted by atomic mass is 9.90. The van der Waals surface area contributed by atoms with Crippen LogP contribution >= 0.6 is 0 Å². The van der Waals surface area contributed by atoms with E-state index in [1.165, 1.54) is 18.2 Å². The molecule has 0 radical (unpaired) electrons. The first-order chi connectivity index (χ1) is 15.5. The Morgan fingerprint density at radius 1 is 1.31 bits per heavy atom. The number of aliphatic carboxylic acids is 1. The molecule has 11 heteroatoms. The third-order valence-corrected chi connectivity index (χ3v) is 5.34. The first-order valence-corrected chi connectivity index (χ1v) is 10.2. The number of carboxylic acid groups (broad SMARTS) is 1. The molecule has 3 N–H and O–H groups in total. The van der Waals surface area contributed by atoms with Crippen LogP contribution in [0.3, 0.4) is 0 Å². The predicted molar refractivity (Wildman–Crippen MR) is 115 cm³/mol. The van der Waals surface area contributed by atoms with Crippen molar-refractivity contribution >= 4 is 23.4 Å². The molecule has 1 fully saturated rings. The molecular weight excluding hydrogens is 421 g/mol. The number of phenolic OH excluding ortho intramolecular Hbond substituents is 1. The molecule has 0 saturated carbocycles. The molecule has 3 heterocycles. The summed E-state index contributed by atoms with van der Waals surface area (Å²) in [6.07, 6.45) is 1.43. The molecule has 0 bridgehead atoms. The molecule has 170 valence electrons. The summed E-state index contributed by atoms with van der Waals surface area (Å²) in [6.45, 7) is 3.05. The third-order valence-electron chi connectivity index (χ3n) is 5.34. The lowest BCUT2D eigenvalue weighted by molar-refractivity contribution is -0.129. The molecule has 3 aliphatic heterocycles. The summed E-state index contributed by atoms with van der Waals surface area (Å²) in [4.78, 5) is 27.5. The van der Waals surface area contributed by atoms with Crippen molar-refractivity contribution in [3.63, 3.8) is 0 Å². The van der Waals surface area contributed by atoms with Crippen LogP contribution in [0.15, 0.2) is 44.9 Å². The average molecular weight is 445 g/mol. The fourth-order valence-electron chi connectivity index (χ4n) is 3.76. The van der Waals surface area contributed by atoms with Crippen LogP contribution in [0.1, 0.15) is 11.6 Å². The third kappa shape index (κ3) is 4.48. The normalized spacial score (nSPS) is 22.9. The van der Waals surface area contributed by atoms with Crippen LogP contribution in [0.25, 0.3) is 0 Å². The highest BCUT2D eigenvalue weighted by atomic mass is 19.1. The lowest BCUT2D eigenvalue weighted by Crippen LogP contribution is -2.46. The number of dihydropyridines is 1. The molecule has 10 nitrogen and oxygen atoms in total. The van der Waals surface area contributed by atoms with Gasteiger partial charge in [-0.2, -0.15) is 0 Å². The molecule has 1 saturated heterocycles. The number of aromatic hydroxyl groups is 1. The van der Waals surface area contributed by atoms with Crippen molar-refractivity contribution in [1.29, 1.82) is 0 Å². The zero-order valence-corrected chi connectivity index (χ0v) is 17.5. The second kappa shape index (κ2) is 9.45. The second-order valence-electron chi connectivity index (χ2n) is 7.42. The fourth-order valence-corrected chi connectivity index (χ4v) is 3.76. The Balaban J connectivity index is 1.80. The highest BCUT2D eigenvalue weighted by Gasteiger charge is 2.39. The minimum absolute atomic E-state index is 0.162. The summed E-state index contributed by atoms with van der Waals surface area (Å²) >= 11 is 0. The maximum absolute atomic E-state index is 13.6. The number of halogens is 1. The topological polar surface area (TPSA) is 128 Å². The molecular formula is C21H24FN5O5. The maximum Gasteiger partial charge on any atom is 0.354 e. The second-order valence-corrected chi connectivity index (χ2v) is 7.42. The first kappa shape index (κ1) is 21.9. The van der Waals surface area contributed by atoms with E-state index in [1.807, 2.05) is 4.90 Å². The van der Waals surface area contributed by atoms with Crippen LogP contribution in [-0.2, 0) is 14.3 Å². The van der Waals surface area contributed by atoms with Gasteiger partial charge in [0.25, 0.3) is 0 Å². The number of guanidine groups is 1. The lowest BCUT2D eigenvalue weighted by Gasteiger charge is -2.35. The molecule has 0 aliphatic carbocycles. The Morgan fingerprint density at radius 3 is 2.78 bits per heavy atom. The van der Waals surface area contributed by atoms with E-state index in [-0.39, 0.29) is 11.5 Å². The number of nitrogens with one attached hydrogen (secondary N) is 1. The summed E-state index contributed by atoms with van der Waals surface area (Å²) in [6, 6.07) is 2.07. The molecule has 0 aromatic heterocycles.